The fourth-order valence-corrected chi connectivity index (χ4v) is 3.11. The highest BCUT2D eigenvalue weighted by Gasteiger charge is 2.09. The van der Waals surface area contributed by atoms with Crippen molar-refractivity contribution in [2.75, 3.05) is 0 Å². The third kappa shape index (κ3) is 2.33. The molecule has 0 saturated heterocycles. The van der Waals surface area contributed by atoms with Crippen LogP contribution >= 0.6 is 0 Å². The summed E-state index contributed by atoms with van der Waals surface area (Å²) in [6, 6.07) is 23.1. The van der Waals surface area contributed by atoms with E-state index in [1.807, 2.05) is 6.21 Å². The van der Waals surface area contributed by atoms with Crippen LogP contribution in [0.25, 0.3) is 21.7 Å². The summed E-state index contributed by atoms with van der Waals surface area (Å²) < 4.78 is 2.22. The Morgan fingerprint density at radius 3 is 2.48 bits per heavy atom. The first kappa shape index (κ1) is 13.8. The van der Waals surface area contributed by atoms with Crippen LogP contribution in [-0.4, -0.2) is 10.8 Å². The number of para-hydroxylation sites is 1. The highest BCUT2D eigenvalue weighted by atomic mass is 14.9. The Labute approximate surface area is 135 Å². The minimum absolute atomic E-state index is 0.982. The molecule has 0 aliphatic heterocycles. The molecule has 1 aromatic heterocycles. The molecule has 0 aliphatic carbocycles. The summed E-state index contributed by atoms with van der Waals surface area (Å²) >= 11 is 0. The number of rotatable bonds is 2. The lowest BCUT2D eigenvalue weighted by atomic mass is 10.1. The summed E-state index contributed by atoms with van der Waals surface area (Å²) in [4.78, 5) is 4.71. The number of hydrogen-bond acceptors (Lipinski definition) is 1. The molecule has 2 heteroatoms. The van der Waals surface area contributed by atoms with Crippen LogP contribution in [0.2, 0.25) is 0 Å². The molecule has 1 heterocycles. The number of aliphatic imine (C=N–C) groups is 1. The third-order valence-corrected chi connectivity index (χ3v) is 4.52. The molecule has 0 amide bonds. The molecule has 0 bridgehead atoms. The summed E-state index contributed by atoms with van der Waals surface area (Å²) in [7, 11) is 2.10. The summed E-state index contributed by atoms with van der Waals surface area (Å²) in [6.45, 7) is 2.14. The van der Waals surface area contributed by atoms with Crippen LogP contribution in [0, 0.1) is 6.92 Å². The van der Waals surface area contributed by atoms with E-state index in [-0.39, 0.29) is 0 Å². The van der Waals surface area contributed by atoms with E-state index in [4.69, 9.17) is 4.99 Å². The maximum Gasteiger partial charge on any atom is 0.0636 e. The molecule has 0 saturated carbocycles. The Morgan fingerprint density at radius 2 is 1.61 bits per heavy atom. The number of hydrogen-bond donors (Lipinski definition) is 0. The van der Waals surface area contributed by atoms with Gasteiger partial charge in [-0.25, -0.2) is 0 Å². The SMILES string of the molecule is Cc1c(C=Nc2ccc3ccccc3c2)c2ccccc2n1C. The maximum absolute atomic E-state index is 4.71. The first-order chi connectivity index (χ1) is 11.2. The number of aromatic nitrogens is 1. The molecule has 4 aromatic rings. The van der Waals surface area contributed by atoms with Crippen molar-refractivity contribution in [3.05, 3.63) is 78.0 Å². The van der Waals surface area contributed by atoms with Crippen LogP contribution in [0.1, 0.15) is 11.3 Å². The Bertz CT molecular complexity index is 1040. The fourth-order valence-electron chi connectivity index (χ4n) is 3.11. The molecular weight excluding hydrogens is 280 g/mol. The Kier molecular flexibility index (Phi) is 3.23. The second kappa shape index (κ2) is 5.40. The second-order valence-corrected chi connectivity index (χ2v) is 5.86. The topological polar surface area (TPSA) is 17.3 Å². The highest BCUT2D eigenvalue weighted by molar-refractivity contribution is 6.02. The third-order valence-electron chi connectivity index (χ3n) is 4.52. The lowest BCUT2D eigenvalue weighted by molar-refractivity contribution is 0.917. The molecule has 4 rings (SSSR count). The first-order valence-corrected chi connectivity index (χ1v) is 7.81. The zero-order valence-electron chi connectivity index (χ0n) is 13.3. The van der Waals surface area contributed by atoms with Crippen LogP contribution < -0.4 is 0 Å². The van der Waals surface area contributed by atoms with Gasteiger partial charge in [0, 0.05) is 35.4 Å². The molecule has 0 radical (unpaired) electrons. The Hall–Kier alpha value is -2.87. The van der Waals surface area contributed by atoms with E-state index < -0.39 is 0 Å². The zero-order chi connectivity index (χ0) is 15.8. The quantitative estimate of drug-likeness (QED) is 0.441. The van der Waals surface area contributed by atoms with Gasteiger partial charge in [-0.2, -0.15) is 0 Å². The van der Waals surface area contributed by atoms with Gasteiger partial charge < -0.3 is 4.57 Å². The van der Waals surface area contributed by atoms with Gasteiger partial charge in [0.1, 0.15) is 0 Å². The van der Waals surface area contributed by atoms with Crippen molar-refractivity contribution in [2.24, 2.45) is 12.0 Å². The standard InChI is InChI=1S/C21H18N2/c1-15-20(19-9-5-6-10-21(19)23(15)2)14-22-18-12-11-16-7-3-4-8-17(16)13-18/h3-14H,1-2H3. The van der Waals surface area contributed by atoms with Gasteiger partial charge in [0.15, 0.2) is 0 Å². The summed E-state index contributed by atoms with van der Waals surface area (Å²) in [5.41, 5.74) is 4.65. The van der Waals surface area contributed by atoms with Gasteiger partial charge in [0.25, 0.3) is 0 Å². The predicted molar refractivity (Wildman–Crippen MR) is 98.9 cm³/mol. The van der Waals surface area contributed by atoms with Crippen molar-refractivity contribution < 1.29 is 0 Å². The lowest BCUT2D eigenvalue weighted by Gasteiger charge is -2.00. The molecule has 23 heavy (non-hydrogen) atoms. The zero-order valence-corrected chi connectivity index (χ0v) is 13.3. The number of benzene rings is 3. The van der Waals surface area contributed by atoms with E-state index in [1.165, 1.54) is 32.9 Å². The van der Waals surface area contributed by atoms with Gasteiger partial charge in [-0.15, -0.1) is 0 Å². The van der Waals surface area contributed by atoms with Crippen LogP contribution in [0.15, 0.2) is 71.7 Å². The van der Waals surface area contributed by atoms with E-state index in [1.54, 1.807) is 0 Å². The smallest absolute Gasteiger partial charge is 0.0636 e. The van der Waals surface area contributed by atoms with Crippen molar-refractivity contribution in [3.63, 3.8) is 0 Å². The van der Waals surface area contributed by atoms with Crippen LogP contribution in [-0.2, 0) is 7.05 Å². The molecule has 0 spiro atoms. The second-order valence-electron chi connectivity index (χ2n) is 5.86. The highest BCUT2D eigenvalue weighted by Crippen LogP contribution is 2.25. The normalized spacial score (nSPS) is 11.7. The summed E-state index contributed by atoms with van der Waals surface area (Å²) in [6.07, 6.45) is 1.99. The molecule has 0 fully saturated rings. The molecule has 112 valence electrons. The van der Waals surface area contributed by atoms with Crippen molar-refractivity contribution in [1.29, 1.82) is 0 Å². The van der Waals surface area contributed by atoms with E-state index in [0.717, 1.165) is 5.69 Å². The average molecular weight is 298 g/mol. The van der Waals surface area contributed by atoms with Gasteiger partial charge in [-0.1, -0.05) is 48.5 Å². The molecule has 0 aliphatic rings. The van der Waals surface area contributed by atoms with Gasteiger partial charge in [-0.3, -0.25) is 4.99 Å². The van der Waals surface area contributed by atoms with Crippen LogP contribution in [0.5, 0.6) is 0 Å². The van der Waals surface area contributed by atoms with Gasteiger partial charge in [0.2, 0.25) is 0 Å². The monoisotopic (exact) mass is 298 g/mol. The largest absolute Gasteiger partial charge is 0.347 e. The lowest BCUT2D eigenvalue weighted by Crippen LogP contribution is -1.91. The van der Waals surface area contributed by atoms with Crippen molar-refractivity contribution in [2.45, 2.75) is 6.92 Å². The van der Waals surface area contributed by atoms with Crippen LogP contribution in [0.3, 0.4) is 0 Å². The minimum Gasteiger partial charge on any atom is -0.347 e. The maximum atomic E-state index is 4.71. The van der Waals surface area contributed by atoms with E-state index in [2.05, 4.69) is 85.3 Å². The van der Waals surface area contributed by atoms with Crippen molar-refractivity contribution in [1.82, 2.24) is 4.57 Å². The molecule has 0 atom stereocenters. The Balaban J connectivity index is 1.80. The van der Waals surface area contributed by atoms with E-state index >= 15 is 0 Å². The number of fused-ring (bicyclic) bond motifs is 2. The number of nitrogens with zero attached hydrogens (tertiary/aromatic N) is 2. The molecule has 3 aromatic carbocycles. The van der Waals surface area contributed by atoms with Crippen molar-refractivity contribution in [3.8, 4) is 0 Å². The molecule has 0 N–H and O–H groups in total. The average Bonchev–Trinajstić information content (AvgIpc) is 2.84. The molecule has 2 nitrogen and oxygen atoms in total. The number of aryl methyl sites for hydroxylation is 1. The van der Waals surface area contributed by atoms with Gasteiger partial charge in [-0.05, 0) is 35.9 Å². The summed E-state index contributed by atoms with van der Waals surface area (Å²) in [5.74, 6) is 0. The predicted octanol–water partition coefficient (Wildman–Crippen LogP) is 5.39. The van der Waals surface area contributed by atoms with Crippen molar-refractivity contribution >= 4 is 33.6 Å². The van der Waals surface area contributed by atoms with Crippen LogP contribution in [0.4, 0.5) is 5.69 Å². The fraction of sp³-hybridized carbons (Fsp3) is 0.0952. The summed E-state index contributed by atoms with van der Waals surface area (Å²) in [5, 5.41) is 3.71. The van der Waals surface area contributed by atoms with Gasteiger partial charge in [0.05, 0.1) is 5.69 Å². The minimum atomic E-state index is 0.982. The molecule has 0 unspecified atom stereocenters. The molecular formula is C21H18N2. The van der Waals surface area contributed by atoms with E-state index in [0.29, 0.717) is 0 Å². The van der Waals surface area contributed by atoms with E-state index in [9.17, 15) is 0 Å². The Morgan fingerprint density at radius 1 is 0.870 bits per heavy atom. The van der Waals surface area contributed by atoms with Gasteiger partial charge >= 0.3 is 0 Å². The first-order valence-electron chi connectivity index (χ1n) is 7.81.